The Morgan fingerprint density at radius 1 is 0.974 bits per heavy atom. The van der Waals surface area contributed by atoms with E-state index >= 15 is 0 Å². The van der Waals surface area contributed by atoms with Gasteiger partial charge in [0, 0.05) is 36.1 Å². The summed E-state index contributed by atoms with van der Waals surface area (Å²) >= 11 is 1.67. The number of benzene rings is 3. The number of thioether (sulfide) groups is 1. The number of nitrogens with one attached hydrogen (secondary N) is 1. The van der Waals surface area contributed by atoms with Crippen LogP contribution in [0.15, 0.2) is 83.8 Å². The quantitative estimate of drug-likeness (QED) is 0.284. The SMILES string of the molecule is COc1cccc(CN(C(=O)CCSc2ccc(C)cc2)[C@@H](Cc2ccccc2)C(=O)NC2CCCC2)c1. The summed E-state index contributed by atoms with van der Waals surface area (Å²) in [6, 6.07) is 25.7. The minimum atomic E-state index is -0.596. The fourth-order valence-corrected chi connectivity index (χ4v) is 5.76. The van der Waals surface area contributed by atoms with Gasteiger partial charge < -0.3 is 15.0 Å². The Labute approximate surface area is 231 Å². The van der Waals surface area contributed by atoms with Crippen molar-refractivity contribution in [1.82, 2.24) is 10.2 Å². The predicted molar refractivity (Wildman–Crippen MR) is 154 cm³/mol. The van der Waals surface area contributed by atoms with E-state index in [0.717, 1.165) is 47.5 Å². The Morgan fingerprint density at radius 3 is 2.39 bits per heavy atom. The lowest BCUT2D eigenvalue weighted by Gasteiger charge is -2.32. The molecule has 2 amide bonds. The summed E-state index contributed by atoms with van der Waals surface area (Å²) in [6.07, 6.45) is 5.10. The number of carbonyl (C=O) groups is 2. The average molecular weight is 531 g/mol. The zero-order valence-electron chi connectivity index (χ0n) is 22.4. The molecule has 1 fully saturated rings. The number of rotatable bonds is 12. The summed E-state index contributed by atoms with van der Waals surface area (Å²) < 4.78 is 5.43. The molecule has 0 radical (unpaired) electrons. The summed E-state index contributed by atoms with van der Waals surface area (Å²) in [5.74, 6) is 1.30. The molecule has 0 spiro atoms. The molecular formula is C32H38N2O3S. The zero-order valence-corrected chi connectivity index (χ0v) is 23.2. The van der Waals surface area contributed by atoms with Gasteiger partial charge in [-0.3, -0.25) is 9.59 Å². The van der Waals surface area contributed by atoms with Gasteiger partial charge in [0.1, 0.15) is 11.8 Å². The molecule has 3 aromatic carbocycles. The lowest BCUT2D eigenvalue weighted by atomic mass is 10.0. The molecule has 1 aliphatic carbocycles. The van der Waals surface area contributed by atoms with Gasteiger partial charge in [-0.15, -0.1) is 11.8 Å². The van der Waals surface area contributed by atoms with Crippen molar-refractivity contribution in [2.45, 2.75) is 69.0 Å². The van der Waals surface area contributed by atoms with Crippen molar-refractivity contribution >= 4 is 23.6 Å². The molecule has 4 rings (SSSR count). The molecule has 6 heteroatoms. The zero-order chi connectivity index (χ0) is 26.7. The van der Waals surface area contributed by atoms with E-state index in [0.29, 0.717) is 25.1 Å². The number of hydrogen-bond donors (Lipinski definition) is 1. The van der Waals surface area contributed by atoms with Crippen LogP contribution < -0.4 is 10.1 Å². The monoisotopic (exact) mass is 530 g/mol. The van der Waals surface area contributed by atoms with Crippen LogP contribution in [-0.2, 0) is 22.6 Å². The second kappa shape index (κ2) is 14.1. The molecule has 0 heterocycles. The fraction of sp³-hybridized carbons (Fsp3) is 0.375. The summed E-state index contributed by atoms with van der Waals surface area (Å²) in [4.78, 5) is 30.5. The minimum absolute atomic E-state index is 0.0186. The van der Waals surface area contributed by atoms with Gasteiger partial charge in [0.05, 0.1) is 7.11 Å². The maximum Gasteiger partial charge on any atom is 0.243 e. The van der Waals surface area contributed by atoms with E-state index < -0.39 is 6.04 Å². The highest BCUT2D eigenvalue weighted by molar-refractivity contribution is 7.99. The smallest absolute Gasteiger partial charge is 0.243 e. The van der Waals surface area contributed by atoms with Gasteiger partial charge in [-0.25, -0.2) is 0 Å². The highest BCUT2D eigenvalue weighted by Gasteiger charge is 2.32. The summed E-state index contributed by atoms with van der Waals surface area (Å²) in [5.41, 5.74) is 3.19. The van der Waals surface area contributed by atoms with Crippen molar-refractivity contribution in [1.29, 1.82) is 0 Å². The van der Waals surface area contributed by atoms with Gasteiger partial charge in [0.25, 0.3) is 0 Å². The first kappa shape index (κ1) is 27.8. The van der Waals surface area contributed by atoms with Gasteiger partial charge in [0.2, 0.25) is 11.8 Å². The molecule has 1 saturated carbocycles. The summed E-state index contributed by atoms with van der Waals surface area (Å²) in [7, 11) is 1.64. The molecule has 0 aliphatic heterocycles. The molecule has 1 aliphatic rings. The van der Waals surface area contributed by atoms with E-state index in [9.17, 15) is 9.59 Å². The predicted octanol–water partition coefficient (Wildman–Crippen LogP) is 6.18. The van der Waals surface area contributed by atoms with Crippen molar-refractivity contribution in [2.24, 2.45) is 0 Å². The second-order valence-corrected chi connectivity index (χ2v) is 11.1. The van der Waals surface area contributed by atoms with Crippen LogP contribution in [-0.4, -0.2) is 41.7 Å². The number of aryl methyl sites for hydroxylation is 1. The first-order valence-corrected chi connectivity index (χ1v) is 14.5. The van der Waals surface area contributed by atoms with Crippen molar-refractivity contribution in [3.63, 3.8) is 0 Å². The third-order valence-corrected chi connectivity index (χ3v) is 8.08. The van der Waals surface area contributed by atoms with Gasteiger partial charge in [-0.05, 0) is 55.2 Å². The van der Waals surface area contributed by atoms with Gasteiger partial charge >= 0.3 is 0 Å². The fourth-order valence-electron chi connectivity index (χ4n) is 4.92. The van der Waals surface area contributed by atoms with Gasteiger partial charge in [-0.2, -0.15) is 0 Å². The third-order valence-electron chi connectivity index (χ3n) is 7.07. The Kier molecular flexibility index (Phi) is 10.3. The van der Waals surface area contributed by atoms with E-state index in [2.05, 4.69) is 36.5 Å². The van der Waals surface area contributed by atoms with Crippen molar-refractivity contribution < 1.29 is 14.3 Å². The number of amides is 2. The topological polar surface area (TPSA) is 58.6 Å². The Bertz CT molecular complexity index is 1180. The highest BCUT2D eigenvalue weighted by atomic mass is 32.2. The molecule has 200 valence electrons. The molecule has 0 saturated heterocycles. The van der Waals surface area contributed by atoms with Gasteiger partial charge in [-0.1, -0.05) is 73.0 Å². The first-order valence-electron chi connectivity index (χ1n) is 13.5. The maximum absolute atomic E-state index is 13.8. The number of carbonyl (C=O) groups excluding carboxylic acids is 2. The number of nitrogens with zero attached hydrogens (tertiary/aromatic N) is 1. The van der Waals surface area contributed by atoms with Crippen molar-refractivity contribution in [3.8, 4) is 5.75 Å². The molecule has 0 unspecified atom stereocenters. The number of methoxy groups -OCH3 is 1. The van der Waals surface area contributed by atoms with Crippen LogP contribution in [0, 0.1) is 6.92 Å². The molecule has 1 N–H and O–H groups in total. The normalized spacial score (nSPS) is 14.2. The molecule has 0 bridgehead atoms. The van der Waals surface area contributed by atoms with Crippen LogP contribution in [0.3, 0.4) is 0 Å². The number of hydrogen-bond acceptors (Lipinski definition) is 4. The van der Waals surface area contributed by atoms with E-state index in [1.54, 1.807) is 23.8 Å². The Hall–Kier alpha value is -3.25. The highest BCUT2D eigenvalue weighted by Crippen LogP contribution is 2.23. The third kappa shape index (κ3) is 8.12. The average Bonchev–Trinajstić information content (AvgIpc) is 3.45. The largest absolute Gasteiger partial charge is 0.497 e. The molecule has 3 aromatic rings. The maximum atomic E-state index is 13.8. The van der Waals surface area contributed by atoms with Crippen LogP contribution in [0.25, 0.3) is 0 Å². The van der Waals surface area contributed by atoms with E-state index in [4.69, 9.17) is 4.74 Å². The molecule has 38 heavy (non-hydrogen) atoms. The second-order valence-electron chi connectivity index (χ2n) is 9.98. The van der Waals surface area contributed by atoms with Crippen LogP contribution in [0.5, 0.6) is 5.75 Å². The Balaban J connectivity index is 1.57. The van der Waals surface area contributed by atoms with Gasteiger partial charge in [0.15, 0.2) is 0 Å². The molecular weight excluding hydrogens is 492 g/mol. The molecule has 1 atom stereocenters. The van der Waals surface area contributed by atoms with E-state index in [1.165, 1.54) is 5.56 Å². The van der Waals surface area contributed by atoms with Crippen LogP contribution in [0.2, 0.25) is 0 Å². The van der Waals surface area contributed by atoms with E-state index in [-0.39, 0.29) is 17.9 Å². The van der Waals surface area contributed by atoms with E-state index in [1.807, 2.05) is 54.6 Å². The van der Waals surface area contributed by atoms with Crippen LogP contribution >= 0.6 is 11.8 Å². The molecule has 0 aromatic heterocycles. The molecule has 5 nitrogen and oxygen atoms in total. The summed E-state index contributed by atoms with van der Waals surface area (Å²) in [5, 5.41) is 3.27. The Morgan fingerprint density at radius 2 is 1.68 bits per heavy atom. The number of ether oxygens (including phenoxy) is 1. The van der Waals surface area contributed by atoms with Crippen LogP contribution in [0.4, 0.5) is 0 Å². The van der Waals surface area contributed by atoms with Crippen molar-refractivity contribution in [3.05, 3.63) is 95.6 Å². The standard InChI is InChI=1S/C32H38N2O3S/c1-24-15-17-29(18-16-24)38-20-19-31(35)34(23-26-11-8-14-28(21-26)37-2)30(22-25-9-4-3-5-10-25)32(36)33-27-12-6-7-13-27/h3-5,8-11,14-18,21,27,30H,6-7,12-13,19-20,22-23H2,1-2H3,(H,33,36)/t30-/m0/s1. The summed E-state index contributed by atoms with van der Waals surface area (Å²) in [6.45, 7) is 2.42. The minimum Gasteiger partial charge on any atom is -0.497 e. The first-order chi connectivity index (χ1) is 18.5. The van der Waals surface area contributed by atoms with Crippen LogP contribution in [0.1, 0.15) is 48.8 Å². The lowest BCUT2D eigenvalue weighted by Crippen LogP contribution is -2.52. The lowest BCUT2D eigenvalue weighted by molar-refractivity contribution is -0.141. The van der Waals surface area contributed by atoms with Crippen molar-refractivity contribution in [2.75, 3.05) is 12.9 Å².